The molecule has 0 radical (unpaired) electrons. The number of nitrogens with zero attached hydrogens (tertiary/aromatic N) is 2. The first kappa shape index (κ1) is 26.0. The number of amides is 1. The average molecular weight is 485 g/mol. The molecule has 1 heterocycles. The monoisotopic (exact) mass is 484 g/mol. The van der Waals surface area contributed by atoms with Gasteiger partial charge in [0.05, 0.1) is 17.2 Å². The Hall–Kier alpha value is -2.58. The normalized spacial score (nSPS) is 17.5. The van der Waals surface area contributed by atoms with Gasteiger partial charge in [0.15, 0.2) is 0 Å². The highest BCUT2D eigenvalue weighted by Gasteiger charge is 2.40. The first-order valence-corrected chi connectivity index (χ1v) is 12.3. The summed E-state index contributed by atoms with van der Waals surface area (Å²) in [7, 11) is 0. The SMILES string of the molecule is Cc1ccc(F)cc1C[C@@](C)(CCc1ccc(C#N)c(Cl)c1)C1CCN(C(=O)OCC(C)C)C1. The number of carbonyl (C=O) groups excluding carboxylic acids is 1. The van der Waals surface area contributed by atoms with Crippen molar-refractivity contribution in [1.29, 1.82) is 5.26 Å². The molecule has 2 aromatic rings. The molecule has 34 heavy (non-hydrogen) atoms. The third-order valence-electron chi connectivity index (χ3n) is 7.02. The van der Waals surface area contributed by atoms with Gasteiger partial charge in [0.1, 0.15) is 11.9 Å². The van der Waals surface area contributed by atoms with Crippen LogP contribution in [0.4, 0.5) is 9.18 Å². The molecule has 0 aromatic heterocycles. The Morgan fingerprint density at radius 2 is 2.09 bits per heavy atom. The highest BCUT2D eigenvalue weighted by atomic mass is 35.5. The summed E-state index contributed by atoms with van der Waals surface area (Å²) in [5.74, 6) is 0.325. The molecule has 0 N–H and O–H groups in total. The second kappa shape index (κ2) is 11.2. The molecule has 0 spiro atoms. The minimum absolute atomic E-state index is 0.161. The summed E-state index contributed by atoms with van der Waals surface area (Å²) in [6.45, 7) is 10.0. The van der Waals surface area contributed by atoms with E-state index in [2.05, 4.69) is 13.0 Å². The van der Waals surface area contributed by atoms with E-state index in [1.54, 1.807) is 12.1 Å². The Bertz CT molecular complexity index is 1060. The van der Waals surface area contributed by atoms with Crippen LogP contribution in [0.1, 0.15) is 55.9 Å². The van der Waals surface area contributed by atoms with Crippen LogP contribution in [0.25, 0.3) is 0 Å². The van der Waals surface area contributed by atoms with Crippen LogP contribution in [0.2, 0.25) is 5.02 Å². The molecule has 0 bridgehead atoms. The molecule has 0 aliphatic carbocycles. The molecule has 1 fully saturated rings. The number of likely N-dealkylation sites (tertiary alicyclic amines) is 1. The van der Waals surface area contributed by atoms with Crippen molar-refractivity contribution in [1.82, 2.24) is 4.90 Å². The predicted octanol–water partition coefficient (Wildman–Crippen LogP) is 6.96. The zero-order valence-electron chi connectivity index (χ0n) is 20.5. The Balaban J connectivity index is 1.80. The van der Waals surface area contributed by atoms with Crippen LogP contribution in [-0.4, -0.2) is 30.7 Å². The van der Waals surface area contributed by atoms with E-state index in [-0.39, 0.29) is 23.2 Å². The maximum absolute atomic E-state index is 14.1. The van der Waals surface area contributed by atoms with Crippen molar-refractivity contribution in [2.75, 3.05) is 19.7 Å². The largest absolute Gasteiger partial charge is 0.449 e. The molecule has 182 valence electrons. The molecule has 1 amide bonds. The molecule has 6 heteroatoms. The molecule has 4 nitrogen and oxygen atoms in total. The zero-order valence-corrected chi connectivity index (χ0v) is 21.3. The molecule has 2 atom stereocenters. The second-order valence-corrected chi connectivity index (χ2v) is 10.6. The number of rotatable bonds is 8. The molecule has 1 aliphatic heterocycles. The maximum Gasteiger partial charge on any atom is 0.409 e. The summed E-state index contributed by atoms with van der Waals surface area (Å²) < 4.78 is 19.5. The number of ether oxygens (including phenoxy) is 1. The zero-order chi connectivity index (χ0) is 24.9. The molecule has 1 aliphatic rings. The van der Waals surface area contributed by atoms with Crippen molar-refractivity contribution >= 4 is 17.7 Å². The van der Waals surface area contributed by atoms with Crippen molar-refractivity contribution in [3.63, 3.8) is 0 Å². The standard InChI is InChI=1S/C28H34ClFN2O2/c1-19(2)18-34-27(33)32-12-10-24(17-32)28(4,15-23-14-25(30)8-5-20(23)3)11-9-21-6-7-22(16-31)26(29)13-21/h5-8,13-14,19,24H,9-12,15,17-18H2,1-4H3/t24?,28-/m1/s1. The van der Waals surface area contributed by atoms with Gasteiger partial charge in [0, 0.05) is 13.1 Å². The summed E-state index contributed by atoms with van der Waals surface area (Å²) in [6, 6.07) is 12.6. The minimum Gasteiger partial charge on any atom is -0.449 e. The van der Waals surface area contributed by atoms with E-state index in [9.17, 15) is 9.18 Å². The van der Waals surface area contributed by atoms with Gasteiger partial charge in [-0.25, -0.2) is 9.18 Å². The van der Waals surface area contributed by atoms with E-state index in [0.29, 0.717) is 36.2 Å². The van der Waals surface area contributed by atoms with Gasteiger partial charge in [-0.15, -0.1) is 0 Å². The first-order chi connectivity index (χ1) is 16.1. The third-order valence-corrected chi connectivity index (χ3v) is 7.33. The Labute approximate surface area is 207 Å². The highest BCUT2D eigenvalue weighted by Crippen LogP contribution is 2.42. The van der Waals surface area contributed by atoms with Gasteiger partial charge in [-0.1, -0.05) is 44.5 Å². The third kappa shape index (κ3) is 6.51. The number of aryl methyl sites for hydroxylation is 2. The lowest BCUT2D eigenvalue weighted by atomic mass is 9.68. The van der Waals surface area contributed by atoms with E-state index >= 15 is 0 Å². The Kier molecular flexibility index (Phi) is 8.60. The molecule has 0 saturated carbocycles. The number of hydrogen-bond acceptors (Lipinski definition) is 3. The maximum atomic E-state index is 14.1. The molecule has 2 aromatic carbocycles. The predicted molar refractivity (Wildman–Crippen MR) is 133 cm³/mol. The molecular formula is C28H34ClFN2O2. The van der Waals surface area contributed by atoms with Crippen molar-refractivity contribution in [3.8, 4) is 6.07 Å². The topological polar surface area (TPSA) is 53.3 Å². The Morgan fingerprint density at radius 1 is 1.32 bits per heavy atom. The number of halogens is 2. The molecule has 1 unspecified atom stereocenters. The minimum atomic E-state index is -0.251. The summed E-state index contributed by atoms with van der Waals surface area (Å²) in [5.41, 5.74) is 3.44. The van der Waals surface area contributed by atoms with Gasteiger partial charge in [0.25, 0.3) is 0 Å². The van der Waals surface area contributed by atoms with Gasteiger partial charge < -0.3 is 9.64 Å². The van der Waals surface area contributed by atoms with E-state index in [0.717, 1.165) is 42.4 Å². The summed E-state index contributed by atoms with van der Waals surface area (Å²) in [6.07, 6.45) is 2.99. The van der Waals surface area contributed by atoms with E-state index in [4.69, 9.17) is 21.6 Å². The number of nitriles is 1. The van der Waals surface area contributed by atoms with E-state index in [1.165, 1.54) is 6.07 Å². The molecular weight excluding hydrogens is 451 g/mol. The van der Waals surface area contributed by atoms with Crippen LogP contribution in [0.5, 0.6) is 0 Å². The van der Waals surface area contributed by atoms with Crippen molar-refractivity contribution in [2.24, 2.45) is 17.3 Å². The van der Waals surface area contributed by atoms with E-state index < -0.39 is 0 Å². The van der Waals surface area contributed by atoms with Gasteiger partial charge in [0.2, 0.25) is 0 Å². The van der Waals surface area contributed by atoms with Gasteiger partial charge in [-0.2, -0.15) is 5.26 Å². The van der Waals surface area contributed by atoms with Crippen LogP contribution < -0.4 is 0 Å². The van der Waals surface area contributed by atoms with Crippen molar-refractivity contribution in [3.05, 3.63) is 69.5 Å². The van der Waals surface area contributed by atoms with Crippen LogP contribution >= 0.6 is 11.6 Å². The van der Waals surface area contributed by atoms with Gasteiger partial charge in [-0.05, 0) is 90.8 Å². The van der Waals surface area contributed by atoms with E-state index in [1.807, 2.05) is 43.9 Å². The fourth-order valence-corrected chi connectivity index (χ4v) is 5.01. The lowest BCUT2D eigenvalue weighted by molar-refractivity contribution is 0.0931. The lowest BCUT2D eigenvalue weighted by Crippen LogP contribution is -2.36. The quantitative estimate of drug-likeness (QED) is 0.407. The fourth-order valence-electron chi connectivity index (χ4n) is 4.76. The highest BCUT2D eigenvalue weighted by molar-refractivity contribution is 6.31. The second-order valence-electron chi connectivity index (χ2n) is 10.2. The van der Waals surface area contributed by atoms with Gasteiger partial charge in [-0.3, -0.25) is 0 Å². The van der Waals surface area contributed by atoms with Crippen LogP contribution in [-0.2, 0) is 17.6 Å². The summed E-state index contributed by atoms with van der Waals surface area (Å²) >= 11 is 6.26. The average Bonchev–Trinajstić information content (AvgIpc) is 3.30. The fraction of sp³-hybridized carbons (Fsp3) is 0.500. The number of carbonyl (C=O) groups is 1. The van der Waals surface area contributed by atoms with Crippen molar-refractivity contribution < 1.29 is 13.9 Å². The van der Waals surface area contributed by atoms with Crippen molar-refractivity contribution in [2.45, 2.75) is 53.4 Å². The number of hydrogen-bond donors (Lipinski definition) is 0. The van der Waals surface area contributed by atoms with Crippen LogP contribution in [0.3, 0.4) is 0 Å². The van der Waals surface area contributed by atoms with Crippen LogP contribution in [0, 0.1) is 41.3 Å². The summed E-state index contributed by atoms with van der Waals surface area (Å²) in [5, 5.41) is 9.62. The van der Waals surface area contributed by atoms with Crippen LogP contribution in [0.15, 0.2) is 36.4 Å². The smallest absolute Gasteiger partial charge is 0.409 e. The first-order valence-electron chi connectivity index (χ1n) is 12.0. The van der Waals surface area contributed by atoms with Gasteiger partial charge >= 0.3 is 6.09 Å². The summed E-state index contributed by atoms with van der Waals surface area (Å²) in [4.78, 5) is 14.4. The Morgan fingerprint density at radius 3 is 2.76 bits per heavy atom. The lowest BCUT2D eigenvalue weighted by Gasteiger charge is -2.37. The number of benzene rings is 2. The molecule has 1 saturated heterocycles. The molecule has 3 rings (SSSR count).